The molecule has 1 aliphatic rings. The second-order valence-corrected chi connectivity index (χ2v) is 8.65. The van der Waals surface area contributed by atoms with Crippen molar-refractivity contribution in [2.45, 2.75) is 58.6 Å². The third-order valence-corrected chi connectivity index (χ3v) is 5.56. The number of carbonyl (C=O) groups excluding carboxylic acids is 3. The van der Waals surface area contributed by atoms with Gasteiger partial charge in [-0.15, -0.1) is 23.5 Å². The number of imide groups is 1. The van der Waals surface area contributed by atoms with E-state index < -0.39 is 0 Å². The molecule has 5 nitrogen and oxygen atoms in total. The predicted octanol–water partition coefficient (Wildman–Crippen LogP) is 3.16. The van der Waals surface area contributed by atoms with E-state index in [1.165, 1.54) is 28.4 Å². The molecule has 3 amide bonds. The number of unbranched alkanes of at least 4 members (excludes halogenated alkanes) is 2. The minimum Gasteiger partial charge on any atom is -0.356 e. The Hall–Kier alpha value is -0.950. The number of amides is 3. The molecule has 1 heterocycles. The van der Waals surface area contributed by atoms with E-state index in [1.54, 1.807) is 0 Å². The first-order chi connectivity index (χ1) is 11.4. The van der Waals surface area contributed by atoms with E-state index in [-0.39, 0.29) is 23.0 Å². The Kier molecular flexibility index (Phi) is 9.51. The van der Waals surface area contributed by atoms with Crippen molar-refractivity contribution in [1.82, 2.24) is 10.2 Å². The Bertz CT molecular complexity index is 504. The Balaban J connectivity index is 2.51. The van der Waals surface area contributed by atoms with E-state index >= 15 is 0 Å². The molecule has 0 fully saturated rings. The second-order valence-electron chi connectivity index (χ2n) is 5.78. The molecule has 0 atom stereocenters. The van der Waals surface area contributed by atoms with Crippen LogP contribution in [0.15, 0.2) is 9.81 Å². The SMILES string of the molecule is CCNC(=O)CCCCCN1C(=O)C(SCC)=C(SC(C)C)C1=O. The maximum atomic E-state index is 12.5. The first kappa shape index (κ1) is 21.1. The number of carbonyl (C=O) groups is 3. The summed E-state index contributed by atoms with van der Waals surface area (Å²) < 4.78 is 0. The molecule has 0 spiro atoms. The smallest absolute Gasteiger partial charge is 0.268 e. The minimum atomic E-state index is -0.154. The lowest BCUT2D eigenvalue weighted by molar-refractivity contribution is -0.137. The fourth-order valence-electron chi connectivity index (χ4n) is 2.36. The molecule has 0 aromatic rings. The van der Waals surface area contributed by atoms with Crippen LogP contribution < -0.4 is 5.32 Å². The minimum absolute atomic E-state index is 0.0599. The summed E-state index contributed by atoms with van der Waals surface area (Å²) in [5.74, 6) is 0.526. The van der Waals surface area contributed by atoms with Gasteiger partial charge in [0.2, 0.25) is 5.91 Å². The van der Waals surface area contributed by atoms with Gasteiger partial charge in [-0.1, -0.05) is 27.2 Å². The van der Waals surface area contributed by atoms with Crippen molar-refractivity contribution in [2.75, 3.05) is 18.8 Å². The maximum absolute atomic E-state index is 12.5. The maximum Gasteiger partial charge on any atom is 0.268 e. The van der Waals surface area contributed by atoms with Gasteiger partial charge in [-0.25, -0.2) is 0 Å². The number of hydrogen-bond donors (Lipinski definition) is 1. The molecule has 0 aromatic carbocycles. The van der Waals surface area contributed by atoms with Crippen molar-refractivity contribution in [3.8, 4) is 0 Å². The normalized spacial score (nSPS) is 15.0. The molecule has 0 saturated heterocycles. The molecule has 1 rings (SSSR count). The van der Waals surface area contributed by atoms with E-state index in [4.69, 9.17) is 0 Å². The Labute approximate surface area is 153 Å². The molecule has 0 radical (unpaired) electrons. The number of rotatable bonds is 11. The van der Waals surface area contributed by atoms with Gasteiger partial charge in [-0.3, -0.25) is 19.3 Å². The molecular weight excluding hydrogens is 344 g/mol. The van der Waals surface area contributed by atoms with Gasteiger partial charge in [0.15, 0.2) is 0 Å². The second kappa shape index (κ2) is 10.8. The van der Waals surface area contributed by atoms with Crippen molar-refractivity contribution >= 4 is 41.2 Å². The molecule has 0 unspecified atom stereocenters. The molecule has 136 valence electrons. The summed E-state index contributed by atoms with van der Waals surface area (Å²) >= 11 is 2.92. The predicted molar refractivity (Wildman–Crippen MR) is 102 cm³/mol. The van der Waals surface area contributed by atoms with Gasteiger partial charge in [0.1, 0.15) is 0 Å². The summed E-state index contributed by atoms with van der Waals surface area (Å²) in [4.78, 5) is 39.0. The molecular formula is C17H28N2O3S2. The van der Waals surface area contributed by atoms with Crippen LogP contribution in [0, 0.1) is 0 Å². The molecule has 0 bridgehead atoms. The zero-order valence-corrected chi connectivity index (χ0v) is 16.6. The standard InChI is InChI=1S/C17H28N2O3S2/c1-5-18-13(20)10-8-7-9-11-19-16(21)14(23-6-2)15(17(19)22)24-12(3)4/h12H,5-11H2,1-4H3,(H,18,20). The molecule has 24 heavy (non-hydrogen) atoms. The Morgan fingerprint density at radius 2 is 1.75 bits per heavy atom. The molecule has 0 aromatic heterocycles. The van der Waals surface area contributed by atoms with E-state index in [0.29, 0.717) is 29.3 Å². The van der Waals surface area contributed by atoms with Crippen LogP contribution in [0.25, 0.3) is 0 Å². The number of nitrogens with one attached hydrogen (secondary N) is 1. The quantitative estimate of drug-likeness (QED) is 0.446. The lowest BCUT2D eigenvalue weighted by Crippen LogP contribution is -2.32. The fourth-order valence-corrected chi connectivity index (χ4v) is 4.30. The molecule has 7 heteroatoms. The van der Waals surface area contributed by atoms with Crippen molar-refractivity contribution < 1.29 is 14.4 Å². The van der Waals surface area contributed by atoms with E-state index in [1.807, 2.05) is 27.7 Å². The van der Waals surface area contributed by atoms with Crippen LogP contribution in [0.3, 0.4) is 0 Å². The molecule has 0 saturated carbocycles. The highest BCUT2D eigenvalue weighted by atomic mass is 32.2. The third-order valence-electron chi connectivity index (χ3n) is 3.39. The average molecular weight is 373 g/mol. The largest absolute Gasteiger partial charge is 0.356 e. The van der Waals surface area contributed by atoms with Crippen LogP contribution in [0.4, 0.5) is 0 Å². The number of thioether (sulfide) groups is 2. The van der Waals surface area contributed by atoms with E-state index in [0.717, 1.165) is 25.0 Å². The zero-order valence-electron chi connectivity index (χ0n) is 15.0. The van der Waals surface area contributed by atoms with Crippen LogP contribution in [-0.2, 0) is 14.4 Å². The van der Waals surface area contributed by atoms with Crippen molar-refractivity contribution in [2.24, 2.45) is 0 Å². The molecule has 1 N–H and O–H groups in total. The van der Waals surface area contributed by atoms with Crippen LogP contribution >= 0.6 is 23.5 Å². The molecule has 1 aliphatic heterocycles. The highest BCUT2D eigenvalue weighted by Crippen LogP contribution is 2.38. The average Bonchev–Trinajstić information content (AvgIpc) is 2.72. The van der Waals surface area contributed by atoms with Crippen LogP contribution in [-0.4, -0.2) is 46.7 Å². The lowest BCUT2D eigenvalue weighted by atomic mass is 10.2. The van der Waals surface area contributed by atoms with Gasteiger partial charge < -0.3 is 5.32 Å². The van der Waals surface area contributed by atoms with Gasteiger partial charge in [-0.2, -0.15) is 0 Å². The summed E-state index contributed by atoms with van der Waals surface area (Å²) in [6.07, 6.45) is 2.84. The van der Waals surface area contributed by atoms with E-state index in [2.05, 4.69) is 5.32 Å². The van der Waals surface area contributed by atoms with Gasteiger partial charge >= 0.3 is 0 Å². The topological polar surface area (TPSA) is 66.5 Å². The number of hydrogen-bond acceptors (Lipinski definition) is 5. The zero-order chi connectivity index (χ0) is 18.1. The highest BCUT2D eigenvalue weighted by molar-refractivity contribution is 8.08. The van der Waals surface area contributed by atoms with Crippen molar-refractivity contribution in [3.63, 3.8) is 0 Å². The summed E-state index contributed by atoms with van der Waals surface area (Å²) in [7, 11) is 0. The van der Waals surface area contributed by atoms with Gasteiger partial charge in [-0.05, 0) is 25.5 Å². The lowest BCUT2D eigenvalue weighted by Gasteiger charge is -2.15. The Morgan fingerprint density at radius 1 is 1.08 bits per heavy atom. The summed E-state index contributed by atoms with van der Waals surface area (Å²) in [6, 6.07) is 0. The summed E-state index contributed by atoms with van der Waals surface area (Å²) in [5.41, 5.74) is 0. The van der Waals surface area contributed by atoms with Crippen molar-refractivity contribution in [1.29, 1.82) is 0 Å². The fraction of sp³-hybridized carbons (Fsp3) is 0.706. The first-order valence-electron chi connectivity index (χ1n) is 8.58. The van der Waals surface area contributed by atoms with Crippen LogP contribution in [0.2, 0.25) is 0 Å². The molecule has 0 aliphatic carbocycles. The van der Waals surface area contributed by atoms with Gasteiger partial charge in [0.05, 0.1) is 9.81 Å². The summed E-state index contributed by atoms with van der Waals surface area (Å²) in [6.45, 7) is 9.00. The number of nitrogens with zero attached hydrogens (tertiary/aromatic N) is 1. The van der Waals surface area contributed by atoms with Crippen molar-refractivity contribution in [3.05, 3.63) is 9.81 Å². The highest BCUT2D eigenvalue weighted by Gasteiger charge is 2.38. The first-order valence-corrected chi connectivity index (χ1v) is 10.4. The van der Waals surface area contributed by atoms with Gasteiger partial charge in [0.25, 0.3) is 11.8 Å². The van der Waals surface area contributed by atoms with Crippen LogP contribution in [0.5, 0.6) is 0 Å². The monoisotopic (exact) mass is 372 g/mol. The van der Waals surface area contributed by atoms with Crippen LogP contribution in [0.1, 0.15) is 53.4 Å². The van der Waals surface area contributed by atoms with E-state index in [9.17, 15) is 14.4 Å². The summed E-state index contributed by atoms with van der Waals surface area (Å²) in [5, 5.41) is 3.03. The third kappa shape index (κ3) is 6.16. The van der Waals surface area contributed by atoms with Gasteiger partial charge in [0, 0.05) is 24.8 Å². The Morgan fingerprint density at radius 3 is 2.33 bits per heavy atom.